The van der Waals surface area contributed by atoms with Crippen LogP contribution in [0.5, 0.6) is 0 Å². The summed E-state index contributed by atoms with van der Waals surface area (Å²) in [5.41, 5.74) is 34.0. The van der Waals surface area contributed by atoms with Crippen molar-refractivity contribution < 1.29 is 94.2 Å². The van der Waals surface area contributed by atoms with E-state index < -0.39 is 63.9 Å². The second-order valence-corrected chi connectivity index (χ2v) is 39.7. The summed E-state index contributed by atoms with van der Waals surface area (Å²) in [5.74, 6) is -8.23. The van der Waals surface area contributed by atoms with E-state index in [2.05, 4.69) is 31.0 Å². The second-order valence-electron chi connectivity index (χ2n) is 39.3. The minimum Gasteiger partial charge on any atom is -0.459 e. The van der Waals surface area contributed by atoms with E-state index in [1.807, 2.05) is 48.5 Å². The number of halogens is 5. The summed E-state index contributed by atoms with van der Waals surface area (Å²) in [5, 5.41) is 13.4. The number of likely N-dealkylation sites (tertiary alicyclic amines) is 3. The van der Waals surface area contributed by atoms with Crippen molar-refractivity contribution in [3.05, 3.63) is 309 Å². The van der Waals surface area contributed by atoms with Crippen LogP contribution in [0.4, 0.5) is 22.4 Å². The molecule has 0 saturated carbocycles. The molecule has 5 aromatic heterocycles. The van der Waals surface area contributed by atoms with Crippen LogP contribution in [0, 0.1) is 45.9 Å². The lowest BCUT2D eigenvalue weighted by atomic mass is 9.91. The highest BCUT2D eigenvalue weighted by molar-refractivity contribution is 6.34. The Morgan fingerprint density at radius 1 is 0.400 bits per heavy atom. The van der Waals surface area contributed by atoms with E-state index in [1.54, 1.807) is 172 Å². The molecule has 0 radical (unpaired) electrons. The lowest BCUT2D eigenvalue weighted by Gasteiger charge is -2.26. The molecular weight excluding hydrogens is 1950 g/mol. The molecule has 19 rings (SSSR count). The Hall–Kier alpha value is -17.6. The largest absolute Gasteiger partial charge is 0.459 e. The Morgan fingerprint density at radius 3 is 1.10 bits per heavy atom. The monoisotopic (exact) mass is 2050 g/mol. The van der Waals surface area contributed by atoms with Crippen molar-refractivity contribution in [3.8, 4) is 50.6 Å². The predicted molar refractivity (Wildman–Crippen MR) is 552 cm³/mol. The number of esters is 2. The number of hydrogen-bond acceptors (Lipinski definition) is 22. The summed E-state index contributed by atoms with van der Waals surface area (Å²) >= 11 is 6.21. The van der Waals surface area contributed by atoms with E-state index in [4.69, 9.17) is 44.0 Å². The molecule has 9 heterocycles. The molecule has 36 heteroatoms. The van der Waals surface area contributed by atoms with Gasteiger partial charge in [-0.2, -0.15) is 5.26 Å². The number of fused-ring (bicyclic) bond motifs is 5. The Morgan fingerprint density at radius 2 is 0.747 bits per heavy atom. The van der Waals surface area contributed by atoms with E-state index in [0.29, 0.717) is 88.4 Å². The van der Waals surface area contributed by atoms with E-state index in [9.17, 15) is 89.9 Å². The molecule has 5 aliphatic rings. The minimum atomic E-state index is -1.20. The number of primary amides is 4. The third-order valence-electron chi connectivity index (χ3n) is 25.3. The predicted octanol–water partition coefficient (Wildman–Crippen LogP) is 18.1. The number of imide groups is 4. The number of likely N-dealkylation sites (N-methyl/N-ethyl adjacent to an activating group) is 1. The molecule has 0 atom stereocenters. The number of carbonyl (C=O) groups is 14. The second kappa shape index (κ2) is 44.4. The number of carbonyl (C=O) groups excluding carboxylic acids is 14. The zero-order valence-corrected chi connectivity index (χ0v) is 83.9. The van der Waals surface area contributed by atoms with Crippen LogP contribution in [0.1, 0.15) is 194 Å². The number of nitrogens with two attached hydrogens (primary N) is 4. The molecule has 0 unspecified atom stereocenters. The van der Waals surface area contributed by atoms with Crippen molar-refractivity contribution >= 4 is 155 Å². The number of pyridine rings is 5. The first-order valence-electron chi connectivity index (χ1n) is 47.8. The standard InChI is InChI=1S/C28H31FN2O5.C23H20FN3O3.C21H15ClFN3O3.C21H15FN4O2.C21H21N3O3/c1-27(2,3)35-25(33)21(26(34)36-28(4,5)6)13-16-7-12-19-20(17-8-10-18(29)11-9-17)15-23(24(30)32)31-22(19)14-16;1-23(2)11-20(28)27(22(23)30)12-13-3-8-16-17(14-4-6-15(24)7-5-14)10-19(21(25)29)26-18(16)9-13;22-16-8-12(23)2-4-13(16)15-9-18(21(24)29)25-17-7-11(1-3-14(15)17)10-26-19(27)5-6-20(26)28;1-25-12-20(27)26(21(25)28)11-13-2-7-17-18(14-3-5-15(22)6-4-14)9-16(10-23)24-19(17)8-13;22-21(27)18-11-16(14-4-2-1-3-5-14)15-7-6-13(10-17(15)23-18)12-24-19(25)8-9-20(24)26/h7-12,14-15,21H,13H2,1-6H3,(H2,30,32);3-10H,11-12H2,1-2H3,(H2,25,29);1-4,7-9H,5-6,10H2,(H2,24,29);2-9H,11-12H2,1H3;4,6-7,10-11H,1-3,5,8-9,12H2,(H2,22,27). The highest BCUT2D eigenvalue weighted by Crippen LogP contribution is 2.41. The Balaban J connectivity index is 0.000000141. The maximum atomic E-state index is 13.5. The molecule has 8 N–H and O–H groups in total. The minimum absolute atomic E-state index is 0.00806. The van der Waals surface area contributed by atoms with Crippen LogP contribution in [0.3, 0.4) is 0 Å². The average Bonchev–Trinajstić information content (AvgIpc) is 1.19. The van der Waals surface area contributed by atoms with Crippen molar-refractivity contribution in [1.82, 2.24) is 49.4 Å². The van der Waals surface area contributed by atoms with Crippen molar-refractivity contribution in [2.75, 3.05) is 13.6 Å². The van der Waals surface area contributed by atoms with Crippen LogP contribution >= 0.6 is 11.6 Å². The van der Waals surface area contributed by atoms with E-state index in [-0.39, 0.29) is 170 Å². The number of nitriles is 1. The summed E-state index contributed by atoms with van der Waals surface area (Å²) < 4.78 is 64.5. The van der Waals surface area contributed by atoms with Crippen molar-refractivity contribution in [3.63, 3.8) is 0 Å². The number of nitrogens with zero attached hydrogens (tertiary/aromatic N) is 11. The van der Waals surface area contributed by atoms with Gasteiger partial charge in [-0.05, 0) is 267 Å². The van der Waals surface area contributed by atoms with Crippen LogP contribution in [0.2, 0.25) is 5.02 Å². The van der Waals surface area contributed by atoms with Crippen LogP contribution in [0.25, 0.3) is 105 Å². The fourth-order valence-electron chi connectivity index (χ4n) is 17.9. The molecule has 0 spiro atoms. The summed E-state index contributed by atoms with van der Waals surface area (Å²) in [7, 11) is 1.58. The SMILES string of the molecule is CC(C)(C)OC(=O)C(Cc1ccc2c(-c3ccc(F)cc3)cc(C(N)=O)nc2c1)C(=O)OC(C)(C)C.CC1(C)CC(=O)N(Cc2ccc3c(-c4ccc(F)cc4)cc(C(N)=O)nc3c2)C1=O.CN1CC(=O)N(Cc2ccc3c(-c4ccc(F)cc4)cc(C#N)nc3c2)C1=O.NC(=O)c1cc(-c2ccc(F)cc2Cl)c2ccc(CN3C(=O)CCC3=O)cc2n1.NC(=O)c1cc(C2=CCCCC2)c2ccc(CN3C(=O)CCC3=O)cc2n1. The first-order chi connectivity index (χ1) is 71.1. The molecule has 0 bridgehead atoms. The molecule has 4 aliphatic heterocycles. The molecule has 1 aliphatic carbocycles. The van der Waals surface area contributed by atoms with Gasteiger partial charge >= 0.3 is 18.0 Å². The Kier molecular flexibility index (Phi) is 31.6. The highest BCUT2D eigenvalue weighted by Gasteiger charge is 2.45. The van der Waals surface area contributed by atoms with Crippen molar-refractivity contribution in [1.29, 1.82) is 5.26 Å². The lowest BCUT2D eigenvalue weighted by Crippen LogP contribution is -2.38. The quantitative estimate of drug-likeness (QED) is 0.0171. The van der Waals surface area contributed by atoms with E-state index >= 15 is 0 Å². The van der Waals surface area contributed by atoms with Gasteiger partial charge in [0.05, 0.1) is 64.2 Å². The zero-order valence-electron chi connectivity index (χ0n) is 83.1. The van der Waals surface area contributed by atoms with Crippen LogP contribution in [0.15, 0.2) is 218 Å². The molecule has 31 nitrogen and oxygen atoms in total. The summed E-state index contributed by atoms with van der Waals surface area (Å²) in [6.45, 7) is 14.5. The van der Waals surface area contributed by atoms with E-state index in [0.717, 1.165) is 63.2 Å². The molecule has 13 amide bonds. The maximum absolute atomic E-state index is 13.5. The Labute approximate surface area is 862 Å². The normalized spacial score (nSPS) is 14.5. The van der Waals surface area contributed by atoms with E-state index in [1.165, 1.54) is 97.2 Å². The van der Waals surface area contributed by atoms with Gasteiger partial charge in [0, 0.05) is 71.6 Å². The number of benzene rings is 9. The Bertz CT molecular complexity index is 7940. The first-order valence-corrected chi connectivity index (χ1v) is 48.2. The number of rotatable bonds is 21. The van der Waals surface area contributed by atoms with Gasteiger partial charge in [-0.15, -0.1) is 0 Å². The molecule has 764 valence electrons. The van der Waals surface area contributed by atoms with Crippen molar-refractivity contribution in [2.24, 2.45) is 34.3 Å². The maximum Gasteiger partial charge on any atom is 0.327 e. The van der Waals surface area contributed by atoms with Crippen LogP contribution < -0.4 is 22.9 Å². The van der Waals surface area contributed by atoms with Crippen LogP contribution in [-0.2, 0) is 85.2 Å². The van der Waals surface area contributed by atoms with Gasteiger partial charge in [0.2, 0.25) is 35.4 Å². The van der Waals surface area contributed by atoms with Gasteiger partial charge in [0.15, 0.2) is 5.92 Å². The number of hydrogen-bond donors (Lipinski definition) is 4. The first kappa shape index (κ1) is 107. The molecule has 14 aromatic rings. The number of urea groups is 1. The van der Waals surface area contributed by atoms with Crippen molar-refractivity contribution in [2.45, 2.75) is 157 Å². The smallest absolute Gasteiger partial charge is 0.327 e. The van der Waals surface area contributed by atoms with Gasteiger partial charge in [-0.25, -0.2) is 47.3 Å². The fraction of sp³-hybridized carbons (Fsp3) is 0.246. The van der Waals surface area contributed by atoms with Gasteiger partial charge in [-0.3, -0.25) is 81.9 Å². The topological polar surface area (TPSA) is 466 Å². The average molecular weight is 2050 g/mol. The van der Waals surface area contributed by atoms with Gasteiger partial charge in [-0.1, -0.05) is 129 Å². The summed E-state index contributed by atoms with van der Waals surface area (Å²) in [6, 6.07) is 58.5. The number of amides is 13. The van der Waals surface area contributed by atoms with Gasteiger partial charge in [0.1, 0.15) is 75.6 Å². The van der Waals surface area contributed by atoms with Gasteiger partial charge < -0.3 is 37.3 Å². The lowest BCUT2D eigenvalue weighted by molar-refractivity contribution is -0.174. The number of ether oxygens (including phenoxy) is 2. The number of aromatic nitrogens is 5. The third-order valence-corrected chi connectivity index (χ3v) is 25.6. The van der Waals surface area contributed by atoms with Gasteiger partial charge in [0.25, 0.3) is 29.5 Å². The fourth-order valence-corrected chi connectivity index (χ4v) is 18.2. The third kappa shape index (κ3) is 25.0. The molecular formula is C114H102ClF4N15O16. The molecule has 9 aromatic carbocycles. The summed E-state index contributed by atoms with van der Waals surface area (Å²) in [4.78, 5) is 198. The molecule has 4 fully saturated rings. The number of allylic oxidation sites excluding steroid dienone is 2. The summed E-state index contributed by atoms with van der Waals surface area (Å²) in [6.07, 6.45) is 7.68. The zero-order chi connectivity index (χ0) is 108. The van der Waals surface area contributed by atoms with Crippen LogP contribution in [-0.4, -0.2) is 157 Å². The molecule has 150 heavy (non-hydrogen) atoms. The highest BCUT2D eigenvalue weighted by atomic mass is 35.5. The molecule has 4 saturated heterocycles.